The highest BCUT2D eigenvalue weighted by molar-refractivity contribution is 5.59. The molecule has 2 heteroatoms. The number of benzene rings is 1. The summed E-state index contributed by atoms with van der Waals surface area (Å²) >= 11 is 0. The molecule has 1 aromatic carbocycles. The van der Waals surface area contributed by atoms with E-state index in [1.54, 1.807) is 0 Å². The molecule has 1 aromatic heterocycles. The minimum atomic E-state index is -0.393. The van der Waals surface area contributed by atoms with Crippen molar-refractivity contribution in [3.63, 3.8) is 0 Å². The first-order valence-corrected chi connectivity index (χ1v) is 8.12. The van der Waals surface area contributed by atoms with Gasteiger partial charge in [-0.3, -0.25) is 0 Å². The third-order valence-electron chi connectivity index (χ3n) is 4.56. The van der Waals surface area contributed by atoms with Gasteiger partial charge in [0.05, 0.1) is 5.69 Å². The SMILES string of the molecule is C#CC1(OC(C)n2cccc2-c2ccccc2)CCCCC1. The zero-order valence-electron chi connectivity index (χ0n) is 13.2. The average molecular weight is 293 g/mol. The van der Waals surface area contributed by atoms with Crippen LogP contribution in [0.3, 0.4) is 0 Å². The molecule has 1 aliphatic carbocycles. The molecule has 0 N–H and O–H groups in total. The monoisotopic (exact) mass is 293 g/mol. The molecule has 22 heavy (non-hydrogen) atoms. The Morgan fingerprint density at radius 3 is 2.50 bits per heavy atom. The van der Waals surface area contributed by atoms with Gasteiger partial charge in [0.2, 0.25) is 0 Å². The molecule has 3 rings (SSSR count). The van der Waals surface area contributed by atoms with Crippen LogP contribution in [0.4, 0.5) is 0 Å². The smallest absolute Gasteiger partial charge is 0.133 e. The molecule has 0 saturated heterocycles. The molecule has 2 nitrogen and oxygen atoms in total. The van der Waals surface area contributed by atoms with E-state index >= 15 is 0 Å². The van der Waals surface area contributed by atoms with E-state index in [0.717, 1.165) is 31.4 Å². The summed E-state index contributed by atoms with van der Waals surface area (Å²) in [5, 5.41) is 0. The predicted octanol–water partition coefficient (Wildman–Crippen LogP) is 5.03. The first kappa shape index (κ1) is 14.9. The summed E-state index contributed by atoms with van der Waals surface area (Å²) in [6, 6.07) is 14.6. The quantitative estimate of drug-likeness (QED) is 0.721. The second kappa shape index (κ2) is 6.42. The first-order valence-electron chi connectivity index (χ1n) is 8.12. The lowest BCUT2D eigenvalue weighted by atomic mass is 9.85. The van der Waals surface area contributed by atoms with E-state index in [1.165, 1.54) is 12.0 Å². The molecule has 114 valence electrons. The Morgan fingerprint density at radius 2 is 1.82 bits per heavy atom. The second-order valence-corrected chi connectivity index (χ2v) is 6.08. The zero-order chi connectivity index (χ0) is 15.4. The molecule has 0 spiro atoms. The average Bonchev–Trinajstić information content (AvgIpc) is 3.06. The van der Waals surface area contributed by atoms with Crippen molar-refractivity contribution in [3.05, 3.63) is 48.7 Å². The summed E-state index contributed by atoms with van der Waals surface area (Å²) in [5.74, 6) is 2.93. The van der Waals surface area contributed by atoms with E-state index in [2.05, 4.69) is 60.0 Å². The van der Waals surface area contributed by atoms with E-state index in [0.29, 0.717) is 0 Å². The van der Waals surface area contributed by atoms with Crippen LogP contribution < -0.4 is 0 Å². The fourth-order valence-corrected chi connectivity index (χ4v) is 3.37. The molecule has 1 heterocycles. The van der Waals surface area contributed by atoms with Crippen molar-refractivity contribution in [1.82, 2.24) is 4.57 Å². The Balaban J connectivity index is 1.83. The van der Waals surface area contributed by atoms with Crippen LogP contribution in [0.5, 0.6) is 0 Å². The molecule has 2 aromatic rings. The van der Waals surface area contributed by atoms with E-state index in [9.17, 15) is 0 Å². The van der Waals surface area contributed by atoms with Gasteiger partial charge in [0.25, 0.3) is 0 Å². The number of rotatable bonds is 4. The maximum Gasteiger partial charge on any atom is 0.133 e. The molecule has 0 aliphatic heterocycles. The normalized spacial score (nSPS) is 18.5. The minimum absolute atomic E-state index is 0.0700. The van der Waals surface area contributed by atoms with Crippen LogP contribution in [-0.4, -0.2) is 10.2 Å². The number of hydrogen-bond donors (Lipinski definition) is 0. The predicted molar refractivity (Wildman–Crippen MR) is 90.3 cm³/mol. The standard InChI is InChI=1S/C20H23NO/c1-3-20(14-8-5-9-15-20)22-17(2)21-16-10-13-19(21)18-11-6-4-7-12-18/h1,4,6-7,10-13,16-17H,5,8-9,14-15H2,2H3. The third-order valence-corrected chi connectivity index (χ3v) is 4.56. The lowest BCUT2D eigenvalue weighted by Crippen LogP contribution is -2.35. The highest BCUT2D eigenvalue weighted by atomic mass is 16.5. The maximum absolute atomic E-state index is 6.36. The number of aromatic nitrogens is 1. The molecule has 0 bridgehead atoms. The molecule has 1 saturated carbocycles. The summed E-state index contributed by atoms with van der Waals surface area (Å²) in [5.41, 5.74) is 1.97. The first-order chi connectivity index (χ1) is 10.7. The van der Waals surface area contributed by atoms with Crippen LogP contribution in [0.25, 0.3) is 11.3 Å². The Bertz CT molecular complexity index is 644. The zero-order valence-corrected chi connectivity index (χ0v) is 13.2. The van der Waals surface area contributed by atoms with Crippen molar-refractivity contribution in [2.45, 2.75) is 50.9 Å². The molecule has 1 aliphatic rings. The van der Waals surface area contributed by atoms with Crippen LogP contribution in [-0.2, 0) is 4.74 Å². The molecular weight excluding hydrogens is 270 g/mol. The van der Waals surface area contributed by atoms with Gasteiger partial charge in [-0.15, -0.1) is 6.42 Å². The summed E-state index contributed by atoms with van der Waals surface area (Å²) in [6.07, 6.45) is 13.3. The van der Waals surface area contributed by atoms with Crippen molar-refractivity contribution in [2.24, 2.45) is 0 Å². The largest absolute Gasteiger partial charge is 0.339 e. The highest BCUT2D eigenvalue weighted by Gasteiger charge is 2.33. The number of hydrogen-bond acceptors (Lipinski definition) is 1. The number of nitrogens with zero attached hydrogens (tertiary/aromatic N) is 1. The third kappa shape index (κ3) is 2.96. The Morgan fingerprint density at radius 1 is 1.09 bits per heavy atom. The summed E-state index contributed by atoms with van der Waals surface area (Å²) < 4.78 is 8.53. The molecule has 1 fully saturated rings. The van der Waals surface area contributed by atoms with E-state index < -0.39 is 5.60 Å². The van der Waals surface area contributed by atoms with Gasteiger partial charge in [-0.05, 0) is 50.3 Å². The van der Waals surface area contributed by atoms with E-state index in [1.807, 2.05) is 6.07 Å². The molecule has 1 atom stereocenters. The van der Waals surface area contributed by atoms with Crippen molar-refractivity contribution >= 4 is 0 Å². The Hall–Kier alpha value is -1.98. The summed E-state index contributed by atoms with van der Waals surface area (Å²) in [6.45, 7) is 2.08. The minimum Gasteiger partial charge on any atom is -0.339 e. The number of ether oxygens (including phenoxy) is 1. The van der Waals surface area contributed by atoms with Gasteiger partial charge >= 0.3 is 0 Å². The van der Waals surface area contributed by atoms with Crippen molar-refractivity contribution < 1.29 is 4.74 Å². The lowest BCUT2D eigenvalue weighted by Gasteiger charge is -2.35. The molecule has 1 unspecified atom stereocenters. The van der Waals surface area contributed by atoms with Crippen molar-refractivity contribution in [1.29, 1.82) is 0 Å². The maximum atomic E-state index is 6.36. The van der Waals surface area contributed by atoms with Gasteiger partial charge in [0, 0.05) is 6.20 Å². The van der Waals surface area contributed by atoms with E-state index in [4.69, 9.17) is 11.2 Å². The van der Waals surface area contributed by atoms with Crippen LogP contribution in [0.2, 0.25) is 0 Å². The molecule has 0 radical (unpaired) electrons. The Labute approximate surface area is 133 Å². The fraction of sp³-hybridized carbons (Fsp3) is 0.400. The number of terminal acetylenes is 1. The van der Waals surface area contributed by atoms with Crippen molar-refractivity contribution in [2.75, 3.05) is 0 Å². The van der Waals surface area contributed by atoms with Gasteiger partial charge in [0.15, 0.2) is 0 Å². The lowest BCUT2D eigenvalue weighted by molar-refractivity contribution is -0.0997. The van der Waals surface area contributed by atoms with Crippen molar-refractivity contribution in [3.8, 4) is 23.6 Å². The van der Waals surface area contributed by atoms with Crippen LogP contribution in [0.15, 0.2) is 48.7 Å². The molecular formula is C20H23NO. The molecule has 0 amide bonds. The summed E-state index contributed by atoms with van der Waals surface area (Å²) in [4.78, 5) is 0. The Kier molecular flexibility index (Phi) is 4.36. The van der Waals surface area contributed by atoms with Crippen LogP contribution in [0.1, 0.15) is 45.3 Å². The topological polar surface area (TPSA) is 14.2 Å². The second-order valence-electron chi connectivity index (χ2n) is 6.08. The van der Waals surface area contributed by atoms with Gasteiger partial charge in [-0.1, -0.05) is 42.7 Å². The van der Waals surface area contributed by atoms with Gasteiger partial charge in [-0.25, -0.2) is 0 Å². The van der Waals surface area contributed by atoms with Crippen LogP contribution >= 0.6 is 0 Å². The van der Waals surface area contributed by atoms with E-state index in [-0.39, 0.29) is 6.23 Å². The van der Waals surface area contributed by atoms with Gasteiger partial charge < -0.3 is 9.30 Å². The van der Waals surface area contributed by atoms with Gasteiger partial charge in [-0.2, -0.15) is 0 Å². The fourth-order valence-electron chi connectivity index (χ4n) is 3.37. The highest BCUT2D eigenvalue weighted by Crippen LogP contribution is 2.35. The summed E-state index contributed by atoms with van der Waals surface area (Å²) in [7, 11) is 0. The van der Waals surface area contributed by atoms with Gasteiger partial charge in [0.1, 0.15) is 11.8 Å². The van der Waals surface area contributed by atoms with Crippen LogP contribution in [0, 0.1) is 12.3 Å².